The van der Waals surface area contributed by atoms with Crippen molar-refractivity contribution in [2.75, 3.05) is 5.32 Å². The summed E-state index contributed by atoms with van der Waals surface area (Å²) in [5.74, 6) is 1.03. The van der Waals surface area contributed by atoms with Crippen LogP contribution in [0.4, 0.5) is 5.82 Å². The summed E-state index contributed by atoms with van der Waals surface area (Å²) >= 11 is 0. The number of benzene rings is 2. The first kappa shape index (κ1) is 18.4. The second-order valence-electron chi connectivity index (χ2n) is 7.45. The molecule has 28 heavy (non-hydrogen) atoms. The van der Waals surface area contributed by atoms with Crippen LogP contribution in [0.25, 0.3) is 22.0 Å². The SMILES string of the molecule is CCCCC(=O)NCc1cccc(-c2ccc3ncnc(NC4CC4)c3c2)c1. The van der Waals surface area contributed by atoms with Crippen LogP contribution in [0.5, 0.6) is 0 Å². The molecule has 0 spiro atoms. The van der Waals surface area contributed by atoms with Gasteiger partial charge in [0, 0.05) is 24.4 Å². The van der Waals surface area contributed by atoms with Crippen LogP contribution in [-0.4, -0.2) is 21.9 Å². The molecule has 0 bridgehead atoms. The summed E-state index contributed by atoms with van der Waals surface area (Å²) in [5.41, 5.74) is 4.30. The minimum Gasteiger partial charge on any atom is -0.367 e. The Hall–Kier alpha value is -2.95. The van der Waals surface area contributed by atoms with Crippen molar-refractivity contribution in [2.45, 2.75) is 51.6 Å². The number of hydrogen-bond acceptors (Lipinski definition) is 4. The molecule has 1 fully saturated rings. The van der Waals surface area contributed by atoms with Gasteiger partial charge < -0.3 is 10.6 Å². The molecular formula is C23H26N4O. The Morgan fingerprint density at radius 1 is 1.11 bits per heavy atom. The number of hydrogen-bond donors (Lipinski definition) is 2. The summed E-state index contributed by atoms with van der Waals surface area (Å²) < 4.78 is 0. The Kier molecular flexibility index (Phi) is 5.51. The highest BCUT2D eigenvalue weighted by molar-refractivity contribution is 5.92. The van der Waals surface area contributed by atoms with Gasteiger partial charge in [0.25, 0.3) is 0 Å². The van der Waals surface area contributed by atoms with E-state index in [-0.39, 0.29) is 5.91 Å². The summed E-state index contributed by atoms with van der Waals surface area (Å²) in [7, 11) is 0. The van der Waals surface area contributed by atoms with Gasteiger partial charge in [0.2, 0.25) is 5.91 Å². The number of nitrogens with one attached hydrogen (secondary N) is 2. The van der Waals surface area contributed by atoms with E-state index in [1.807, 2.05) is 18.2 Å². The molecule has 1 heterocycles. The van der Waals surface area contributed by atoms with Crippen LogP contribution in [-0.2, 0) is 11.3 Å². The number of rotatable bonds is 8. The second-order valence-corrected chi connectivity index (χ2v) is 7.45. The van der Waals surface area contributed by atoms with Gasteiger partial charge in [0.05, 0.1) is 5.52 Å². The molecule has 5 nitrogen and oxygen atoms in total. The van der Waals surface area contributed by atoms with Gasteiger partial charge in [-0.3, -0.25) is 4.79 Å². The number of aromatic nitrogens is 2. The molecule has 1 aromatic heterocycles. The number of nitrogens with zero attached hydrogens (tertiary/aromatic N) is 2. The summed E-state index contributed by atoms with van der Waals surface area (Å²) in [6.45, 7) is 2.65. The quantitative estimate of drug-likeness (QED) is 0.601. The van der Waals surface area contributed by atoms with Crippen LogP contribution in [0.3, 0.4) is 0 Å². The van der Waals surface area contributed by atoms with Gasteiger partial charge >= 0.3 is 0 Å². The van der Waals surface area contributed by atoms with E-state index < -0.39 is 0 Å². The number of anilines is 1. The van der Waals surface area contributed by atoms with Gasteiger partial charge in [-0.25, -0.2) is 9.97 Å². The predicted octanol–water partition coefficient (Wildman–Crippen LogP) is 4.68. The zero-order chi connectivity index (χ0) is 19.3. The molecule has 3 aromatic rings. The third kappa shape index (κ3) is 4.47. The molecule has 1 aliphatic carbocycles. The van der Waals surface area contributed by atoms with Crippen LogP contribution in [0, 0.1) is 0 Å². The van der Waals surface area contributed by atoms with Crippen LogP contribution in [0.1, 0.15) is 44.6 Å². The fourth-order valence-electron chi connectivity index (χ4n) is 3.26. The lowest BCUT2D eigenvalue weighted by atomic mass is 10.0. The normalized spacial score (nSPS) is 13.5. The highest BCUT2D eigenvalue weighted by atomic mass is 16.1. The smallest absolute Gasteiger partial charge is 0.220 e. The summed E-state index contributed by atoms with van der Waals surface area (Å²) in [6, 6.07) is 15.2. The van der Waals surface area contributed by atoms with Crippen molar-refractivity contribution >= 4 is 22.6 Å². The molecule has 0 unspecified atom stereocenters. The van der Waals surface area contributed by atoms with Crippen molar-refractivity contribution in [3.05, 3.63) is 54.4 Å². The lowest BCUT2D eigenvalue weighted by Gasteiger charge is -2.10. The minimum atomic E-state index is 0.117. The van der Waals surface area contributed by atoms with E-state index in [2.05, 4.69) is 51.8 Å². The van der Waals surface area contributed by atoms with Gasteiger partial charge in [-0.1, -0.05) is 37.6 Å². The largest absolute Gasteiger partial charge is 0.367 e. The van der Waals surface area contributed by atoms with Crippen molar-refractivity contribution < 1.29 is 4.79 Å². The molecule has 2 N–H and O–H groups in total. The summed E-state index contributed by atoms with van der Waals surface area (Å²) in [6.07, 6.45) is 6.59. The first-order valence-corrected chi connectivity index (χ1v) is 10.1. The molecule has 144 valence electrons. The van der Waals surface area contributed by atoms with Crippen LogP contribution < -0.4 is 10.6 Å². The zero-order valence-corrected chi connectivity index (χ0v) is 16.2. The number of carbonyl (C=O) groups excluding carboxylic acids is 1. The van der Waals surface area contributed by atoms with Crippen LogP contribution in [0.2, 0.25) is 0 Å². The second kappa shape index (κ2) is 8.38. The Balaban J connectivity index is 1.55. The topological polar surface area (TPSA) is 66.9 Å². The van der Waals surface area contributed by atoms with Crippen molar-refractivity contribution in [3.63, 3.8) is 0 Å². The van der Waals surface area contributed by atoms with E-state index in [1.165, 1.54) is 12.8 Å². The molecule has 2 aromatic carbocycles. The van der Waals surface area contributed by atoms with Crippen molar-refractivity contribution in [1.82, 2.24) is 15.3 Å². The number of amides is 1. The molecular weight excluding hydrogens is 348 g/mol. The maximum atomic E-state index is 11.9. The van der Waals surface area contributed by atoms with E-state index in [9.17, 15) is 4.79 Å². The van der Waals surface area contributed by atoms with E-state index in [0.29, 0.717) is 19.0 Å². The van der Waals surface area contributed by atoms with E-state index >= 15 is 0 Å². The molecule has 0 radical (unpaired) electrons. The molecule has 4 rings (SSSR count). The zero-order valence-electron chi connectivity index (χ0n) is 16.2. The third-order valence-corrected chi connectivity index (χ3v) is 5.06. The van der Waals surface area contributed by atoms with Gasteiger partial charge in [-0.05, 0) is 54.2 Å². The van der Waals surface area contributed by atoms with Gasteiger partial charge in [-0.15, -0.1) is 0 Å². The van der Waals surface area contributed by atoms with Gasteiger partial charge in [0.15, 0.2) is 0 Å². The van der Waals surface area contributed by atoms with Crippen molar-refractivity contribution in [3.8, 4) is 11.1 Å². The van der Waals surface area contributed by atoms with E-state index in [0.717, 1.165) is 46.3 Å². The molecule has 0 atom stereocenters. The molecule has 0 aliphatic heterocycles. The number of carbonyl (C=O) groups is 1. The minimum absolute atomic E-state index is 0.117. The Labute approximate surface area is 165 Å². The fraction of sp³-hybridized carbons (Fsp3) is 0.348. The Morgan fingerprint density at radius 2 is 1.96 bits per heavy atom. The third-order valence-electron chi connectivity index (χ3n) is 5.06. The monoisotopic (exact) mass is 374 g/mol. The highest BCUT2D eigenvalue weighted by Crippen LogP contribution is 2.30. The maximum absolute atomic E-state index is 11.9. The van der Waals surface area contributed by atoms with Crippen LogP contribution in [0.15, 0.2) is 48.8 Å². The molecule has 0 saturated heterocycles. The number of unbranched alkanes of at least 4 members (excludes halogenated alkanes) is 1. The number of fused-ring (bicyclic) bond motifs is 1. The molecule has 5 heteroatoms. The van der Waals surface area contributed by atoms with Gasteiger partial charge in [-0.2, -0.15) is 0 Å². The average molecular weight is 374 g/mol. The molecule has 1 aliphatic rings. The lowest BCUT2D eigenvalue weighted by Crippen LogP contribution is -2.22. The van der Waals surface area contributed by atoms with Gasteiger partial charge in [0.1, 0.15) is 12.1 Å². The van der Waals surface area contributed by atoms with E-state index in [1.54, 1.807) is 6.33 Å². The maximum Gasteiger partial charge on any atom is 0.220 e. The van der Waals surface area contributed by atoms with Crippen LogP contribution >= 0.6 is 0 Å². The molecule has 1 saturated carbocycles. The standard InChI is InChI=1S/C23H26N4O/c1-2-3-7-22(28)24-14-16-5-4-6-17(12-16)18-8-11-21-20(13-18)23(26-15-25-21)27-19-9-10-19/h4-6,8,11-13,15,19H,2-3,7,9-10,14H2,1H3,(H,24,28)(H,25,26,27). The first-order valence-electron chi connectivity index (χ1n) is 10.1. The van der Waals surface area contributed by atoms with Crippen molar-refractivity contribution in [2.24, 2.45) is 0 Å². The predicted molar refractivity (Wildman–Crippen MR) is 113 cm³/mol. The Bertz CT molecular complexity index is 981. The van der Waals surface area contributed by atoms with E-state index in [4.69, 9.17) is 0 Å². The Morgan fingerprint density at radius 3 is 2.79 bits per heavy atom. The first-order chi connectivity index (χ1) is 13.7. The molecule has 1 amide bonds. The summed E-state index contributed by atoms with van der Waals surface area (Å²) in [5, 5.41) is 7.56. The average Bonchev–Trinajstić information content (AvgIpc) is 3.55. The lowest BCUT2D eigenvalue weighted by molar-refractivity contribution is -0.121. The fourth-order valence-corrected chi connectivity index (χ4v) is 3.26. The highest BCUT2D eigenvalue weighted by Gasteiger charge is 2.22. The summed E-state index contributed by atoms with van der Waals surface area (Å²) in [4.78, 5) is 20.7. The van der Waals surface area contributed by atoms with Crippen molar-refractivity contribution in [1.29, 1.82) is 0 Å².